The van der Waals surface area contributed by atoms with E-state index in [2.05, 4.69) is 35.7 Å². The first-order valence-corrected chi connectivity index (χ1v) is 27.2. The summed E-state index contributed by atoms with van der Waals surface area (Å²) in [7, 11) is 0. The van der Waals surface area contributed by atoms with Gasteiger partial charge in [0.25, 0.3) is 0 Å². The number of likely N-dealkylation sites (tertiary alicyclic amines) is 2. The summed E-state index contributed by atoms with van der Waals surface area (Å²) in [6, 6.07) is 22.7. The number of rotatable bonds is 11. The number of phenolic OH excluding ortho intramolecular Hbond substituents is 1. The van der Waals surface area contributed by atoms with Crippen LogP contribution in [0.5, 0.6) is 5.75 Å². The number of piperazine rings is 1. The number of para-hydroxylation sites is 1. The summed E-state index contributed by atoms with van der Waals surface area (Å²) in [5.41, 5.74) is 13.0. The number of fused-ring (bicyclic) bond motifs is 2. The number of aliphatic hydroxyl groups excluding tert-OH is 1. The van der Waals surface area contributed by atoms with Crippen LogP contribution in [0.1, 0.15) is 103 Å². The lowest BCUT2D eigenvalue weighted by atomic mass is 9.49. The first-order chi connectivity index (χ1) is 36.5. The minimum atomic E-state index is -1.12. The number of nitrogens with one attached hydrogen (secondary N) is 2. The van der Waals surface area contributed by atoms with E-state index in [0.717, 1.165) is 100 Å². The Balaban J connectivity index is 0.612. The number of phenols is 1. The highest BCUT2D eigenvalue weighted by Gasteiger charge is 2.57. The number of benzene rings is 3. The molecule has 2 aliphatic carbocycles. The molecule has 7 aliphatic rings. The molecule has 5 aromatic rings. The van der Waals surface area contributed by atoms with Gasteiger partial charge < -0.3 is 40.9 Å². The Hall–Kier alpha value is -6.76. The molecule has 4 saturated heterocycles. The molecule has 17 nitrogen and oxygen atoms in total. The van der Waals surface area contributed by atoms with Crippen molar-refractivity contribution in [2.45, 2.75) is 133 Å². The van der Waals surface area contributed by atoms with Crippen molar-refractivity contribution < 1.29 is 29.0 Å². The van der Waals surface area contributed by atoms with Crippen LogP contribution < -0.4 is 26.3 Å². The van der Waals surface area contributed by atoms with Crippen molar-refractivity contribution in [2.75, 3.05) is 48.3 Å². The van der Waals surface area contributed by atoms with E-state index >= 15 is 0 Å². The summed E-state index contributed by atoms with van der Waals surface area (Å²) in [5, 5.41) is 33.1. The number of β-amino-alcohol motifs (C(OH)–C–C–N with tert-alkyl or cyclic N) is 1. The van der Waals surface area contributed by atoms with Gasteiger partial charge in [-0.2, -0.15) is 0 Å². The molecule has 2 bridgehead atoms. The highest BCUT2D eigenvalue weighted by atomic mass is 19.1. The third-order valence-corrected chi connectivity index (χ3v) is 17.8. The molecule has 5 aliphatic heterocycles. The first-order valence-electron chi connectivity index (χ1n) is 27.2. The number of nitrogen functional groups attached to an aromatic ring is 1. The van der Waals surface area contributed by atoms with Crippen molar-refractivity contribution in [2.24, 2.45) is 21.7 Å². The molecule has 7 heterocycles. The average molecular weight is 1030 g/mol. The van der Waals surface area contributed by atoms with Crippen molar-refractivity contribution >= 4 is 35.1 Å². The summed E-state index contributed by atoms with van der Waals surface area (Å²) < 4.78 is 14.5. The topological polar surface area (TPSA) is 211 Å². The number of carbonyl (C=O) groups is 2. The zero-order chi connectivity index (χ0) is 52.7. The summed E-state index contributed by atoms with van der Waals surface area (Å²) in [4.78, 5) is 58.4. The molecule has 6 atom stereocenters. The number of amidine groups is 1. The highest BCUT2D eigenvalue weighted by Crippen LogP contribution is 2.60. The smallest absolute Gasteiger partial charge is 0.246 e. The lowest BCUT2D eigenvalue weighted by Crippen LogP contribution is -2.62. The second-order valence-corrected chi connectivity index (χ2v) is 24.0. The number of hydrogen-bond donors (Lipinski definition) is 5. The van der Waals surface area contributed by atoms with E-state index in [1.54, 1.807) is 35.2 Å². The first kappa shape index (κ1) is 50.1. The van der Waals surface area contributed by atoms with Crippen LogP contribution >= 0.6 is 0 Å². The van der Waals surface area contributed by atoms with Crippen LogP contribution in [-0.4, -0.2) is 127 Å². The maximum Gasteiger partial charge on any atom is 0.246 e. The van der Waals surface area contributed by atoms with Gasteiger partial charge >= 0.3 is 0 Å². The lowest BCUT2D eigenvalue weighted by molar-refractivity contribution is -0.149. The maximum atomic E-state index is 14.6. The van der Waals surface area contributed by atoms with Gasteiger partial charge in [-0.25, -0.2) is 29.7 Å². The van der Waals surface area contributed by atoms with Gasteiger partial charge in [-0.1, -0.05) is 75.4 Å². The molecule has 2 aromatic heterocycles. The molecule has 76 heavy (non-hydrogen) atoms. The van der Waals surface area contributed by atoms with Crippen molar-refractivity contribution in [1.29, 1.82) is 0 Å². The van der Waals surface area contributed by atoms with Gasteiger partial charge in [-0.05, 0) is 124 Å². The summed E-state index contributed by atoms with van der Waals surface area (Å²) in [6.45, 7) is 11.4. The fourth-order valence-corrected chi connectivity index (χ4v) is 13.6. The van der Waals surface area contributed by atoms with Crippen molar-refractivity contribution in [1.82, 2.24) is 40.8 Å². The van der Waals surface area contributed by atoms with Gasteiger partial charge in [-0.15, -0.1) is 10.2 Å². The average Bonchev–Trinajstić information content (AvgIpc) is 4.09. The second-order valence-electron chi connectivity index (χ2n) is 24.0. The number of aliphatic hydroxyl groups is 1. The summed E-state index contributed by atoms with van der Waals surface area (Å²) in [5.74, 6) is 1.38. The van der Waals surface area contributed by atoms with Crippen LogP contribution in [0, 0.1) is 22.6 Å². The molecular weight excluding hydrogens is 964 g/mol. The van der Waals surface area contributed by atoms with E-state index < -0.39 is 29.3 Å². The monoisotopic (exact) mass is 1030 g/mol. The SMILES string of the molecule is CC(C)(C)[C@H](NC(=O)C1CC2(C1)CC(N1CCC(c3cnc(N4C5CCC4CN(c4cc(-c6ccccc6O)nnc4N)C5)nc3)CC1)C2)C(=O)N1C[C@H](O)C[C@H]1C1=N[C@](C)(c2ccc(-c3ccccc3F)cc2)ON1. The number of aromatic nitrogens is 4. The molecular formula is C58H69FN12O5. The van der Waals surface area contributed by atoms with Gasteiger partial charge in [0.1, 0.15) is 23.4 Å². The molecule has 398 valence electrons. The molecule has 1 spiro atoms. The normalized spacial score (nSPS) is 28.9. The fourth-order valence-electron chi connectivity index (χ4n) is 13.6. The van der Waals surface area contributed by atoms with Crippen molar-refractivity contribution in [3.8, 4) is 28.1 Å². The van der Waals surface area contributed by atoms with Gasteiger partial charge in [0.2, 0.25) is 23.5 Å². The Morgan fingerprint density at radius 3 is 2.21 bits per heavy atom. The van der Waals surface area contributed by atoms with E-state index in [1.165, 1.54) is 11.6 Å². The Morgan fingerprint density at radius 2 is 1.54 bits per heavy atom. The standard InChI is InChI=1S/C58H69FN12O5/c1-56(2,3)50(54(75)70-33-42(72)23-48(70)52-64-57(4,76-67-52)38-15-13-35(14-16-38)43-9-5-7-11-45(43)59)63-53(74)36-25-58(26-36)27-41(28-58)68-21-19-34(20-22-68)37-29-61-55(62-30-37)71-39-17-18-40(71)32-69(31-39)47-24-46(65-66-51(47)60)44-10-6-8-12-49(44)73/h5-16,24,29-30,34,36,39-42,48,50,72-73H,17-23,25-28,31-33H2,1-4H3,(H2,60,66)(H,63,74)(H,64,67)/t36?,39?,40?,41?,42-,48+,50-,57+,58?/m1/s1. The largest absolute Gasteiger partial charge is 0.507 e. The zero-order valence-corrected chi connectivity index (χ0v) is 43.8. The number of piperidine rings is 1. The molecule has 12 rings (SSSR count). The third kappa shape index (κ3) is 9.29. The van der Waals surface area contributed by atoms with E-state index in [0.29, 0.717) is 40.4 Å². The van der Waals surface area contributed by atoms with Crippen LogP contribution in [0.3, 0.4) is 0 Å². The third-order valence-electron chi connectivity index (χ3n) is 17.8. The lowest BCUT2D eigenvalue weighted by Gasteiger charge is -2.60. The van der Waals surface area contributed by atoms with E-state index in [9.17, 15) is 24.2 Å². The van der Waals surface area contributed by atoms with Crippen molar-refractivity contribution in [3.63, 3.8) is 0 Å². The summed E-state index contributed by atoms with van der Waals surface area (Å²) in [6.07, 6.45) is 11.7. The molecule has 2 amide bonds. The number of anilines is 3. The molecule has 6 N–H and O–H groups in total. The van der Waals surface area contributed by atoms with Crippen LogP contribution in [-0.2, 0) is 20.2 Å². The molecule has 2 unspecified atom stereocenters. The van der Waals surface area contributed by atoms with Gasteiger partial charge in [0.15, 0.2) is 5.82 Å². The quantitative estimate of drug-likeness (QED) is 0.0910. The fraction of sp³-hybridized carbons (Fsp3) is 0.500. The van der Waals surface area contributed by atoms with Crippen LogP contribution in [0.4, 0.5) is 21.8 Å². The van der Waals surface area contributed by atoms with Crippen LogP contribution in [0.15, 0.2) is 96.2 Å². The van der Waals surface area contributed by atoms with E-state index in [-0.39, 0.29) is 59.8 Å². The zero-order valence-electron chi connectivity index (χ0n) is 43.8. The second kappa shape index (κ2) is 19.4. The Kier molecular flexibility index (Phi) is 12.8. The molecule has 2 saturated carbocycles. The van der Waals surface area contributed by atoms with Gasteiger partial charge in [0.05, 0.1) is 23.5 Å². The Labute approximate surface area is 443 Å². The number of hydroxylamine groups is 1. The highest BCUT2D eigenvalue weighted by molar-refractivity contribution is 5.96. The minimum absolute atomic E-state index is 0.0819. The number of carbonyl (C=O) groups excluding carboxylic acids is 2. The predicted molar refractivity (Wildman–Crippen MR) is 287 cm³/mol. The van der Waals surface area contributed by atoms with Crippen molar-refractivity contribution in [3.05, 3.63) is 108 Å². The molecule has 3 aromatic carbocycles. The number of amides is 2. The number of nitrogens with two attached hydrogens (primary N) is 1. The Morgan fingerprint density at radius 1 is 0.868 bits per heavy atom. The predicted octanol–water partition coefficient (Wildman–Crippen LogP) is 6.92. The number of hydrogen-bond acceptors (Lipinski definition) is 15. The molecule has 0 radical (unpaired) electrons. The van der Waals surface area contributed by atoms with E-state index in [4.69, 9.17) is 25.5 Å². The summed E-state index contributed by atoms with van der Waals surface area (Å²) >= 11 is 0. The minimum Gasteiger partial charge on any atom is -0.507 e. The van der Waals surface area contributed by atoms with Gasteiger partial charge in [0, 0.05) is 79.2 Å². The molecule has 6 fully saturated rings. The number of aliphatic imine (C=N–C) groups is 1. The van der Waals surface area contributed by atoms with Gasteiger partial charge in [-0.3, -0.25) is 9.59 Å². The Bertz CT molecular complexity index is 3010. The number of nitrogens with zero attached hydrogens (tertiary/aromatic N) is 9. The maximum absolute atomic E-state index is 14.6. The molecule has 18 heteroatoms. The van der Waals surface area contributed by atoms with Crippen LogP contribution in [0.2, 0.25) is 0 Å². The number of aromatic hydroxyl groups is 1. The van der Waals surface area contributed by atoms with Crippen LogP contribution in [0.25, 0.3) is 22.4 Å². The number of halogens is 1. The van der Waals surface area contributed by atoms with E-state index in [1.807, 2.05) is 82.6 Å².